The predicted octanol–water partition coefficient (Wildman–Crippen LogP) is 3.27. The van der Waals surface area contributed by atoms with Crippen LogP contribution in [0, 0.1) is 5.82 Å². The van der Waals surface area contributed by atoms with Gasteiger partial charge in [-0.1, -0.05) is 24.3 Å². The largest absolute Gasteiger partial charge is 0.387 e. The topological polar surface area (TPSA) is 52.1 Å². The molecule has 2 N–H and O–H groups in total. The summed E-state index contributed by atoms with van der Waals surface area (Å²) in [5.74, 6) is -0.254. The molecule has 1 aliphatic heterocycles. The lowest BCUT2D eigenvalue weighted by Gasteiger charge is -2.32. The van der Waals surface area contributed by atoms with Crippen LogP contribution in [0.3, 0.4) is 0 Å². The van der Waals surface area contributed by atoms with E-state index in [9.17, 15) is 9.50 Å². The third kappa shape index (κ3) is 2.84. The standard InChI is InChI=1S/C19H18FN3O/c20-16-7-5-13(6-8-16)19-15(9-21-22-19)11-23-10-14-3-1-2-4-17(14)18(24)12-23/h1-9,18,24H,10-12H2,(H,21,22)/t18-/m0/s1. The van der Waals surface area contributed by atoms with E-state index in [1.165, 1.54) is 12.1 Å². The van der Waals surface area contributed by atoms with Crippen LogP contribution in [0.5, 0.6) is 0 Å². The molecule has 122 valence electrons. The fraction of sp³-hybridized carbons (Fsp3) is 0.211. The number of fused-ring (bicyclic) bond motifs is 1. The average Bonchev–Trinajstić information content (AvgIpc) is 3.04. The molecule has 1 aromatic heterocycles. The van der Waals surface area contributed by atoms with Crippen LogP contribution < -0.4 is 0 Å². The highest BCUT2D eigenvalue weighted by atomic mass is 19.1. The van der Waals surface area contributed by atoms with Gasteiger partial charge in [-0.25, -0.2) is 4.39 Å². The zero-order valence-electron chi connectivity index (χ0n) is 13.1. The molecule has 2 aromatic carbocycles. The highest BCUT2D eigenvalue weighted by Crippen LogP contribution is 2.29. The molecule has 4 nitrogen and oxygen atoms in total. The maximum absolute atomic E-state index is 13.1. The summed E-state index contributed by atoms with van der Waals surface area (Å²) < 4.78 is 13.1. The van der Waals surface area contributed by atoms with Crippen LogP contribution in [-0.2, 0) is 13.1 Å². The van der Waals surface area contributed by atoms with Crippen molar-refractivity contribution in [2.24, 2.45) is 0 Å². The van der Waals surface area contributed by atoms with Gasteiger partial charge in [-0.15, -0.1) is 0 Å². The molecule has 0 amide bonds. The molecule has 1 aliphatic rings. The molecule has 5 heteroatoms. The second-order valence-electron chi connectivity index (χ2n) is 6.16. The SMILES string of the molecule is O[C@H]1CN(Cc2cn[nH]c2-c2ccc(F)cc2)Cc2ccccc21. The second kappa shape index (κ2) is 6.19. The first kappa shape index (κ1) is 15.1. The molecule has 0 unspecified atom stereocenters. The van der Waals surface area contributed by atoms with Gasteiger partial charge in [0.1, 0.15) is 5.82 Å². The molecular formula is C19H18FN3O. The van der Waals surface area contributed by atoms with Crippen molar-refractivity contribution in [3.8, 4) is 11.3 Å². The second-order valence-corrected chi connectivity index (χ2v) is 6.16. The number of nitrogens with zero attached hydrogens (tertiary/aromatic N) is 2. The van der Waals surface area contributed by atoms with Gasteiger partial charge < -0.3 is 5.11 Å². The Balaban J connectivity index is 1.57. The molecule has 4 rings (SSSR count). The number of hydrogen-bond acceptors (Lipinski definition) is 3. The summed E-state index contributed by atoms with van der Waals surface area (Å²) in [6.45, 7) is 2.06. The highest BCUT2D eigenvalue weighted by Gasteiger charge is 2.24. The molecule has 1 atom stereocenters. The van der Waals surface area contributed by atoms with Crippen LogP contribution in [0.25, 0.3) is 11.3 Å². The van der Waals surface area contributed by atoms with E-state index in [2.05, 4.69) is 21.2 Å². The first-order valence-electron chi connectivity index (χ1n) is 7.97. The van der Waals surface area contributed by atoms with E-state index < -0.39 is 6.10 Å². The normalized spacial score (nSPS) is 17.7. The zero-order chi connectivity index (χ0) is 16.5. The Morgan fingerprint density at radius 2 is 1.96 bits per heavy atom. The van der Waals surface area contributed by atoms with Crippen LogP contribution in [0.4, 0.5) is 4.39 Å². The number of aromatic nitrogens is 2. The molecule has 0 fully saturated rings. The lowest BCUT2D eigenvalue weighted by molar-refractivity contribution is 0.0883. The Labute approximate surface area is 139 Å². The minimum atomic E-state index is -0.476. The van der Waals surface area contributed by atoms with Gasteiger partial charge in [-0.2, -0.15) is 5.10 Å². The Hall–Kier alpha value is -2.50. The number of nitrogens with one attached hydrogen (secondary N) is 1. The number of aliphatic hydroxyl groups excluding tert-OH is 1. The smallest absolute Gasteiger partial charge is 0.123 e. The molecule has 2 heterocycles. The van der Waals surface area contributed by atoms with Crippen LogP contribution in [-0.4, -0.2) is 26.7 Å². The van der Waals surface area contributed by atoms with Gasteiger partial charge in [0.25, 0.3) is 0 Å². The van der Waals surface area contributed by atoms with E-state index >= 15 is 0 Å². The number of halogens is 1. The number of H-pyrrole nitrogens is 1. The van der Waals surface area contributed by atoms with Gasteiger partial charge in [-0.05, 0) is 35.4 Å². The summed E-state index contributed by atoms with van der Waals surface area (Å²) >= 11 is 0. The Kier molecular flexibility index (Phi) is 3.88. The van der Waals surface area contributed by atoms with Crippen molar-refractivity contribution in [1.82, 2.24) is 15.1 Å². The van der Waals surface area contributed by atoms with E-state index in [0.29, 0.717) is 13.1 Å². The van der Waals surface area contributed by atoms with Crippen molar-refractivity contribution in [1.29, 1.82) is 0 Å². The molecule has 0 spiro atoms. The van der Waals surface area contributed by atoms with Crippen molar-refractivity contribution >= 4 is 0 Å². The van der Waals surface area contributed by atoms with E-state index in [0.717, 1.165) is 34.5 Å². The van der Waals surface area contributed by atoms with Crippen molar-refractivity contribution in [3.05, 3.63) is 77.2 Å². The Bertz CT molecular complexity index is 844. The van der Waals surface area contributed by atoms with Gasteiger partial charge in [0.2, 0.25) is 0 Å². The van der Waals surface area contributed by atoms with Gasteiger partial charge in [-0.3, -0.25) is 10.00 Å². The van der Waals surface area contributed by atoms with Crippen LogP contribution >= 0.6 is 0 Å². The van der Waals surface area contributed by atoms with Gasteiger partial charge in [0.05, 0.1) is 18.0 Å². The van der Waals surface area contributed by atoms with Crippen LogP contribution in [0.2, 0.25) is 0 Å². The summed E-state index contributed by atoms with van der Waals surface area (Å²) in [5, 5.41) is 17.5. The molecule has 24 heavy (non-hydrogen) atoms. The maximum Gasteiger partial charge on any atom is 0.123 e. The van der Waals surface area contributed by atoms with E-state index in [1.807, 2.05) is 18.2 Å². The van der Waals surface area contributed by atoms with Crippen LogP contribution in [0.15, 0.2) is 54.7 Å². The fourth-order valence-corrected chi connectivity index (χ4v) is 3.31. The van der Waals surface area contributed by atoms with E-state index in [1.54, 1.807) is 18.3 Å². The molecule has 0 bridgehead atoms. The third-order valence-corrected chi connectivity index (χ3v) is 4.48. The number of β-amino-alcohol motifs (C(OH)–C–C–N with tert-alkyl or cyclic N) is 1. The number of hydrogen-bond donors (Lipinski definition) is 2. The number of benzene rings is 2. The molecule has 0 saturated carbocycles. The first-order valence-corrected chi connectivity index (χ1v) is 7.97. The number of rotatable bonds is 3. The fourth-order valence-electron chi connectivity index (χ4n) is 3.31. The Morgan fingerprint density at radius 1 is 1.17 bits per heavy atom. The third-order valence-electron chi connectivity index (χ3n) is 4.48. The first-order chi connectivity index (χ1) is 11.7. The van der Waals surface area contributed by atoms with Crippen molar-refractivity contribution in [2.75, 3.05) is 6.54 Å². The van der Waals surface area contributed by atoms with Crippen LogP contribution in [0.1, 0.15) is 22.8 Å². The summed E-state index contributed by atoms with van der Waals surface area (Å²) in [6.07, 6.45) is 1.32. The number of aromatic amines is 1. The molecule has 0 saturated heterocycles. The summed E-state index contributed by atoms with van der Waals surface area (Å²) in [7, 11) is 0. The van der Waals surface area contributed by atoms with Gasteiger partial charge in [0, 0.05) is 30.8 Å². The summed E-state index contributed by atoms with van der Waals surface area (Å²) in [6, 6.07) is 14.4. The lowest BCUT2D eigenvalue weighted by atomic mass is 9.97. The highest BCUT2D eigenvalue weighted by molar-refractivity contribution is 5.62. The maximum atomic E-state index is 13.1. The zero-order valence-corrected chi connectivity index (χ0v) is 13.1. The number of aliphatic hydroxyl groups is 1. The Morgan fingerprint density at radius 3 is 2.79 bits per heavy atom. The van der Waals surface area contributed by atoms with Gasteiger partial charge in [0.15, 0.2) is 0 Å². The lowest BCUT2D eigenvalue weighted by Crippen LogP contribution is -2.33. The van der Waals surface area contributed by atoms with Crippen molar-refractivity contribution in [2.45, 2.75) is 19.2 Å². The monoisotopic (exact) mass is 323 g/mol. The molecule has 0 aliphatic carbocycles. The molecule has 0 radical (unpaired) electrons. The van der Waals surface area contributed by atoms with Gasteiger partial charge >= 0.3 is 0 Å². The minimum Gasteiger partial charge on any atom is -0.387 e. The van der Waals surface area contributed by atoms with E-state index in [4.69, 9.17) is 0 Å². The summed E-state index contributed by atoms with van der Waals surface area (Å²) in [5.41, 5.74) is 5.00. The predicted molar refractivity (Wildman–Crippen MR) is 89.5 cm³/mol. The van der Waals surface area contributed by atoms with Crippen molar-refractivity contribution < 1.29 is 9.50 Å². The quantitative estimate of drug-likeness (QED) is 0.778. The molecular weight excluding hydrogens is 305 g/mol. The summed E-state index contributed by atoms with van der Waals surface area (Å²) in [4.78, 5) is 2.20. The molecule has 3 aromatic rings. The van der Waals surface area contributed by atoms with Crippen molar-refractivity contribution in [3.63, 3.8) is 0 Å². The van der Waals surface area contributed by atoms with E-state index in [-0.39, 0.29) is 5.82 Å². The average molecular weight is 323 g/mol. The minimum absolute atomic E-state index is 0.254.